The Morgan fingerprint density at radius 1 is 1.21 bits per heavy atom. The van der Waals surface area contributed by atoms with Crippen LogP contribution in [0.15, 0.2) is 24.3 Å². The second-order valence-corrected chi connectivity index (χ2v) is 4.32. The van der Waals surface area contributed by atoms with Crippen LogP contribution in [0.4, 0.5) is 0 Å². The van der Waals surface area contributed by atoms with Gasteiger partial charge in [-0.15, -0.1) is 10.2 Å². The minimum atomic E-state index is 0.979. The Labute approximate surface area is 95.3 Å². The predicted octanol–water partition coefficient (Wildman–Crippen LogP) is 2.11. The minimum absolute atomic E-state index is 0.979. The van der Waals surface area contributed by atoms with Gasteiger partial charge in [-0.25, -0.2) is 0 Å². The van der Waals surface area contributed by atoms with Crippen molar-refractivity contribution in [2.75, 3.05) is 0 Å². The third kappa shape index (κ3) is 1.10. The Morgan fingerprint density at radius 2 is 2.07 bits per heavy atom. The predicted molar refractivity (Wildman–Crippen MR) is 61.9 cm³/mol. The van der Waals surface area contributed by atoms with Gasteiger partial charge < -0.3 is 4.57 Å². The summed E-state index contributed by atoms with van der Waals surface area (Å²) in [6.07, 6.45) is 1.08. The van der Waals surface area contributed by atoms with Crippen LogP contribution in [0.1, 0.15) is 5.56 Å². The second-order valence-electron chi connectivity index (χ2n) is 3.35. The first-order valence-corrected chi connectivity index (χ1v) is 5.61. The molecule has 1 aliphatic heterocycles. The first-order chi connectivity index (χ1) is 6.86. The Morgan fingerprint density at radius 3 is 3.00 bits per heavy atom. The van der Waals surface area contributed by atoms with E-state index in [0.29, 0.717) is 0 Å². The maximum absolute atomic E-state index is 4.20. The van der Waals surface area contributed by atoms with Gasteiger partial charge in [0.05, 0.1) is 0 Å². The molecule has 0 aliphatic carbocycles. The van der Waals surface area contributed by atoms with E-state index in [0.717, 1.165) is 22.6 Å². The van der Waals surface area contributed by atoms with Gasteiger partial charge in [0.2, 0.25) is 0 Å². The van der Waals surface area contributed by atoms with Crippen molar-refractivity contribution < 1.29 is 0 Å². The summed E-state index contributed by atoms with van der Waals surface area (Å²) in [5.74, 6) is 1.01. The Hall–Kier alpha value is -0.910. The zero-order valence-electron chi connectivity index (χ0n) is 7.44. The van der Waals surface area contributed by atoms with Crippen LogP contribution in [0.5, 0.6) is 0 Å². The zero-order valence-corrected chi connectivity index (χ0v) is 9.60. The van der Waals surface area contributed by atoms with Crippen LogP contribution in [-0.4, -0.2) is 14.8 Å². The number of aryl methyl sites for hydroxylation is 1. The number of hydrogen-bond acceptors (Lipinski definition) is 2. The molecule has 0 amide bonds. The molecule has 0 saturated heterocycles. The van der Waals surface area contributed by atoms with Gasteiger partial charge in [-0.05, 0) is 12.0 Å². The number of halogens is 1. The van der Waals surface area contributed by atoms with Gasteiger partial charge in [0.25, 0.3) is 0 Å². The van der Waals surface area contributed by atoms with Crippen LogP contribution < -0.4 is 0 Å². The molecule has 1 aromatic heterocycles. The summed E-state index contributed by atoms with van der Waals surface area (Å²) in [5.41, 5.74) is 2.61. The van der Waals surface area contributed by atoms with Gasteiger partial charge in [-0.3, -0.25) is 0 Å². The van der Waals surface area contributed by atoms with Crippen molar-refractivity contribution in [3.63, 3.8) is 0 Å². The molecular formula is C10H8IN3. The van der Waals surface area contributed by atoms with Crippen LogP contribution in [0.3, 0.4) is 0 Å². The summed E-state index contributed by atoms with van der Waals surface area (Å²) >= 11 is 2.23. The van der Waals surface area contributed by atoms with Crippen molar-refractivity contribution in [3.05, 3.63) is 33.7 Å². The highest BCUT2D eigenvalue weighted by Gasteiger charge is 2.19. The van der Waals surface area contributed by atoms with Crippen molar-refractivity contribution >= 4 is 22.6 Å². The molecule has 0 radical (unpaired) electrons. The molecule has 14 heavy (non-hydrogen) atoms. The van der Waals surface area contributed by atoms with Gasteiger partial charge in [-0.2, -0.15) is 0 Å². The summed E-state index contributed by atoms with van der Waals surface area (Å²) < 4.78 is 3.15. The van der Waals surface area contributed by atoms with Crippen molar-refractivity contribution in [3.8, 4) is 11.4 Å². The van der Waals surface area contributed by atoms with Crippen LogP contribution in [0.2, 0.25) is 0 Å². The first kappa shape index (κ1) is 8.40. The fraction of sp³-hybridized carbons (Fsp3) is 0.200. The fourth-order valence-corrected chi connectivity index (χ4v) is 2.45. The summed E-state index contributed by atoms with van der Waals surface area (Å²) in [6.45, 7) is 0.998. The van der Waals surface area contributed by atoms with Gasteiger partial charge in [-0.1, -0.05) is 24.3 Å². The third-order valence-corrected chi connectivity index (χ3v) is 3.37. The molecule has 0 bridgehead atoms. The van der Waals surface area contributed by atoms with E-state index in [4.69, 9.17) is 0 Å². The number of nitrogens with zero attached hydrogens (tertiary/aromatic N) is 3. The lowest BCUT2D eigenvalue weighted by Gasteiger charge is -2.16. The lowest BCUT2D eigenvalue weighted by molar-refractivity contribution is 0.666. The maximum Gasteiger partial charge on any atom is 0.194 e. The van der Waals surface area contributed by atoms with Crippen molar-refractivity contribution in [1.29, 1.82) is 0 Å². The van der Waals surface area contributed by atoms with Crippen molar-refractivity contribution in [2.24, 2.45) is 0 Å². The summed E-state index contributed by atoms with van der Waals surface area (Å²) in [5, 5.41) is 8.30. The minimum Gasteiger partial charge on any atom is -0.302 e. The molecule has 3 rings (SSSR count). The van der Waals surface area contributed by atoms with E-state index in [1.165, 1.54) is 11.1 Å². The highest BCUT2D eigenvalue weighted by atomic mass is 127. The lowest BCUT2D eigenvalue weighted by Crippen LogP contribution is -2.12. The average Bonchev–Trinajstić information content (AvgIpc) is 2.61. The van der Waals surface area contributed by atoms with E-state index in [2.05, 4.69) is 61.6 Å². The Kier molecular flexibility index (Phi) is 1.83. The highest BCUT2D eigenvalue weighted by Crippen LogP contribution is 2.28. The molecule has 0 fully saturated rings. The van der Waals surface area contributed by atoms with E-state index < -0.39 is 0 Å². The molecule has 0 N–H and O–H groups in total. The summed E-state index contributed by atoms with van der Waals surface area (Å²) in [4.78, 5) is 0. The number of hydrogen-bond donors (Lipinski definition) is 0. The van der Waals surface area contributed by atoms with Crippen LogP contribution in [0.25, 0.3) is 11.4 Å². The molecule has 0 saturated carbocycles. The monoisotopic (exact) mass is 297 g/mol. The number of aromatic nitrogens is 3. The van der Waals surface area contributed by atoms with E-state index in [1.54, 1.807) is 0 Å². The van der Waals surface area contributed by atoms with Gasteiger partial charge >= 0.3 is 0 Å². The molecule has 2 aromatic rings. The molecule has 0 atom stereocenters. The van der Waals surface area contributed by atoms with Gasteiger partial charge in [0, 0.05) is 34.7 Å². The SMILES string of the molecule is Ic1nnc2n1CCc1ccccc1-2. The molecular weight excluding hydrogens is 289 g/mol. The van der Waals surface area contributed by atoms with E-state index in [-0.39, 0.29) is 0 Å². The number of rotatable bonds is 0. The zero-order chi connectivity index (χ0) is 9.54. The van der Waals surface area contributed by atoms with Gasteiger partial charge in [0.15, 0.2) is 9.66 Å². The van der Waals surface area contributed by atoms with Crippen LogP contribution >= 0.6 is 22.6 Å². The highest BCUT2D eigenvalue weighted by molar-refractivity contribution is 14.1. The first-order valence-electron chi connectivity index (χ1n) is 4.53. The molecule has 3 nitrogen and oxygen atoms in total. The van der Waals surface area contributed by atoms with Crippen molar-refractivity contribution in [2.45, 2.75) is 13.0 Å². The molecule has 1 aromatic carbocycles. The van der Waals surface area contributed by atoms with E-state index in [9.17, 15) is 0 Å². The smallest absolute Gasteiger partial charge is 0.194 e. The van der Waals surface area contributed by atoms with Crippen LogP contribution in [-0.2, 0) is 13.0 Å². The lowest BCUT2D eigenvalue weighted by atomic mass is 10.0. The van der Waals surface area contributed by atoms with E-state index >= 15 is 0 Å². The Bertz CT molecular complexity index is 490. The fourth-order valence-electron chi connectivity index (χ4n) is 1.87. The standard InChI is InChI=1S/C10H8IN3/c11-10-13-12-9-8-4-2-1-3-7(8)5-6-14(9)10/h1-4H,5-6H2. The number of fused-ring (bicyclic) bond motifs is 3. The quantitative estimate of drug-likeness (QED) is 0.697. The summed E-state index contributed by atoms with van der Waals surface area (Å²) in [7, 11) is 0. The van der Waals surface area contributed by atoms with Crippen LogP contribution in [0, 0.1) is 3.83 Å². The Balaban J connectivity index is 2.29. The van der Waals surface area contributed by atoms with Gasteiger partial charge in [0.1, 0.15) is 0 Å². The molecule has 4 heteroatoms. The topological polar surface area (TPSA) is 30.7 Å². The van der Waals surface area contributed by atoms with E-state index in [1.807, 2.05) is 0 Å². The summed E-state index contributed by atoms with van der Waals surface area (Å²) in [6, 6.07) is 8.41. The third-order valence-electron chi connectivity index (χ3n) is 2.57. The maximum atomic E-state index is 4.20. The molecule has 0 unspecified atom stereocenters. The normalized spacial score (nSPS) is 13.5. The molecule has 0 spiro atoms. The average molecular weight is 297 g/mol. The molecule has 70 valence electrons. The molecule has 1 aliphatic rings. The second kappa shape index (κ2) is 3.05. The van der Waals surface area contributed by atoms with Crippen molar-refractivity contribution in [1.82, 2.24) is 14.8 Å². The molecule has 2 heterocycles. The number of benzene rings is 1. The largest absolute Gasteiger partial charge is 0.302 e.